The van der Waals surface area contributed by atoms with E-state index >= 15 is 0 Å². The molecular formula is C29H27N4O3S-. The summed E-state index contributed by atoms with van der Waals surface area (Å²) in [5.41, 5.74) is 4.43. The monoisotopic (exact) mass is 511 g/mol. The molecule has 1 fully saturated rings. The van der Waals surface area contributed by atoms with Gasteiger partial charge in [0.2, 0.25) is 0 Å². The van der Waals surface area contributed by atoms with Crippen molar-refractivity contribution in [2.24, 2.45) is 0 Å². The van der Waals surface area contributed by atoms with Crippen molar-refractivity contribution in [3.05, 3.63) is 79.3 Å². The van der Waals surface area contributed by atoms with E-state index in [1.807, 2.05) is 67.0 Å². The Bertz CT molecular complexity index is 1580. The molecule has 0 amide bonds. The number of aromatic nitrogens is 3. The smallest absolute Gasteiger partial charge is 0.162 e. The Hall–Kier alpha value is -3.59. The first kappa shape index (κ1) is 23.8. The van der Waals surface area contributed by atoms with E-state index in [2.05, 4.69) is 10.00 Å². The van der Waals surface area contributed by atoms with Gasteiger partial charge in [-0.2, -0.15) is 5.10 Å². The average Bonchev–Trinajstić information content (AvgIpc) is 3.36. The van der Waals surface area contributed by atoms with Crippen molar-refractivity contribution in [3.8, 4) is 28.0 Å². The van der Waals surface area contributed by atoms with Gasteiger partial charge < -0.3 is 9.29 Å². The molecule has 3 aromatic carbocycles. The zero-order chi connectivity index (χ0) is 25.2. The van der Waals surface area contributed by atoms with Crippen LogP contribution in [0.2, 0.25) is 0 Å². The molecule has 5 aromatic rings. The van der Waals surface area contributed by atoms with Crippen LogP contribution >= 0.6 is 0 Å². The second kappa shape index (κ2) is 10.4. The maximum Gasteiger partial charge on any atom is 0.162 e. The normalized spacial score (nSPS) is 15.3. The quantitative estimate of drug-likeness (QED) is 0.275. The molecule has 1 saturated heterocycles. The van der Waals surface area contributed by atoms with Crippen LogP contribution in [0.1, 0.15) is 19.3 Å². The lowest BCUT2D eigenvalue weighted by Crippen LogP contribution is -2.33. The summed E-state index contributed by atoms with van der Waals surface area (Å²) in [5, 5.41) is 6.08. The lowest BCUT2D eigenvalue weighted by atomic mass is 10.00. The summed E-state index contributed by atoms with van der Waals surface area (Å²) in [6.45, 7) is 4.02. The molecule has 0 aliphatic carbocycles. The Morgan fingerprint density at radius 3 is 2.43 bits per heavy atom. The highest BCUT2D eigenvalue weighted by atomic mass is 32.2. The van der Waals surface area contributed by atoms with Crippen LogP contribution in [0.5, 0.6) is 5.75 Å². The molecule has 0 spiro atoms. The Balaban J connectivity index is 1.23. The third-order valence-electron chi connectivity index (χ3n) is 7.02. The second-order valence-electron chi connectivity index (χ2n) is 9.34. The van der Waals surface area contributed by atoms with Crippen LogP contribution < -0.4 is 4.74 Å². The van der Waals surface area contributed by atoms with E-state index in [1.54, 1.807) is 16.8 Å². The number of ether oxygens (including phenoxy) is 1. The summed E-state index contributed by atoms with van der Waals surface area (Å²) in [6.07, 6.45) is 9.50. The van der Waals surface area contributed by atoms with E-state index in [0.29, 0.717) is 17.6 Å². The van der Waals surface area contributed by atoms with Crippen molar-refractivity contribution in [1.29, 1.82) is 0 Å². The predicted molar refractivity (Wildman–Crippen MR) is 144 cm³/mol. The van der Waals surface area contributed by atoms with Gasteiger partial charge in [0.05, 0.1) is 6.20 Å². The van der Waals surface area contributed by atoms with Crippen LogP contribution in [-0.4, -0.2) is 54.5 Å². The molecule has 2 aromatic heterocycles. The zero-order valence-electron chi connectivity index (χ0n) is 20.4. The van der Waals surface area contributed by atoms with Gasteiger partial charge in [0.25, 0.3) is 0 Å². The SMILES string of the molecule is O=S([O-])c1ccc(-c2cnn3cc(-c4ccc(OCCN5CCCCC5)cc4)cnc23)c2ccccc12. The van der Waals surface area contributed by atoms with E-state index in [4.69, 9.17) is 9.72 Å². The molecule has 0 saturated carbocycles. The number of hydrogen-bond acceptors (Lipinski definition) is 6. The first-order chi connectivity index (χ1) is 18.2. The Labute approximate surface area is 218 Å². The molecule has 3 heterocycles. The molecule has 1 atom stereocenters. The lowest BCUT2D eigenvalue weighted by molar-refractivity contribution is 0.183. The molecule has 7 nitrogen and oxygen atoms in total. The van der Waals surface area contributed by atoms with Crippen LogP contribution in [0.15, 0.2) is 84.1 Å². The molecule has 1 aliphatic rings. The van der Waals surface area contributed by atoms with Gasteiger partial charge in [-0.15, -0.1) is 0 Å². The number of nitrogens with zero attached hydrogens (tertiary/aromatic N) is 4. The fourth-order valence-electron chi connectivity index (χ4n) is 5.08. The van der Waals surface area contributed by atoms with Crippen LogP contribution in [0.25, 0.3) is 38.7 Å². The molecule has 0 bridgehead atoms. The van der Waals surface area contributed by atoms with Gasteiger partial charge in [-0.3, -0.25) is 9.11 Å². The number of hydrogen-bond donors (Lipinski definition) is 0. The van der Waals surface area contributed by atoms with Gasteiger partial charge in [-0.1, -0.05) is 48.9 Å². The molecular weight excluding hydrogens is 484 g/mol. The number of rotatable bonds is 7. The minimum Gasteiger partial charge on any atom is -0.768 e. The maximum atomic E-state index is 11.7. The van der Waals surface area contributed by atoms with Gasteiger partial charge in [-0.25, -0.2) is 9.50 Å². The Kier molecular flexibility index (Phi) is 6.70. The third-order valence-corrected chi connectivity index (χ3v) is 7.74. The van der Waals surface area contributed by atoms with Crippen LogP contribution in [0.4, 0.5) is 0 Å². The molecule has 0 N–H and O–H groups in total. The Morgan fingerprint density at radius 1 is 0.865 bits per heavy atom. The van der Waals surface area contributed by atoms with Crippen molar-refractivity contribution in [2.45, 2.75) is 24.2 Å². The van der Waals surface area contributed by atoms with Gasteiger partial charge in [0, 0.05) is 35.0 Å². The van der Waals surface area contributed by atoms with Gasteiger partial charge in [0.1, 0.15) is 12.4 Å². The van der Waals surface area contributed by atoms with E-state index in [-0.39, 0.29) is 4.90 Å². The first-order valence-electron chi connectivity index (χ1n) is 12.6. The van der Waals surface area contributed by atoms with E-state index < -0.39 is 11.1 Å². The Morgan fingerprint density at radius 2 is 1.65 bits per heavy atom. The summed E-state index contributed by atoms with van der Waals surface area (Å²) < 4.78 is 31.1. The fourth-order valence-corrected chi connectivity index (χ4v) is 5.62. The summed E-state index contributed by atoms with van der Waals surface area (Å²) in [7, 11) is 0. The standard InChI is InChI=1S/C29H28N4O3S/c34-37(35)28-13-12-25(24-6-2-3-7-26(24)28)27-19-31-33-20-22(18-30-29(27)33)21-8-10-23(11-9-21)36-17-16-32-14-4-1-5-15-32/h2-3,6-13,18-20H,1,4-5,14-17H2,(H,34,35)/p-1. The molecule has 6 rings (SSSR count). The molecule has 37 heavy (non-hydrogen) atoms. The highest BCUT2D eigenvalue weighted by molar-refractivity contribution is 7.79. The van der Waals surface area contributed by atoms with Crippen LogP contribution in [-0.2, 0) is 11.1 Å². The number of likely N-dealkylation sites (tertiary alicyclic amines) is 1. The maximum absolute atomic E-state index is 11.7. The van der Waals surface area contributed by atoms with Crippen molar-refractivity contribution >= 4 is 27.5 Å². The summed E-state index contributed by atoms with van der Waals surface area (Å²) in [5.74, 6) is 0.866. The third kappa shape index (κ3) is 4.87. The molecule has 8 heteroatoms. The van der Waals surface area contributed by atoms with Gasteiger partial charge in [0.15, 0.2) is 5.65 Å². The van der Waals surface area contributed by atoms with Crippen LogP contribution in [0, 0.1) is 0 Å². The van der Waals surface area contributed by atoms with Crippen molar-refractivity contribution in [2.75, 3.05) is 26.2 Å². The first-order valence-corrected chi connectivity index (χ1v) is 13.7. The van der Waals surface area contributed by atoms with E-state index in [0.717, 1.165) is 39.9 Å². The van der Waals surface area contributed by atoms with Gasteiger partial charge in [-0.05, 0) is 77.1 Å². The number of benzene rings is 3. The summed E-state index contributed by atoms with van der Waals surface area (Å²) in [6, 6.07) is 19.0. The summed E-state index contributed by atoms with van der Waals surface area (Å²) in [4.78, 5) is 7.48. The lowest BCUT2D eigenvalue weighted by Gasteiger charge is -2.26. The number of fused-ring (bicyclic) bond motifs is 2. The predicted octanol–water partition coefficient (Wildman–Crippen LogP) is 5.32. The average molecular weight is 512 g/mol. The van der Waals surface area contributed by atoms with Crippen molar-refractivity contribution < 1.29 is 13.5 Å². The fraction of sp³-hybridized carbons (Fsp3) is 0.241. The molecule has 1 aliphatic heterocycles. The number of piperidine rings is 1. The molecule has 1 unspecified atom stereocenters. The van der Waals surface area contributed by atoms with Gasteiger partial charge >= 0.3 is 0 Å². The van der Waals surface area contributed by atoms with E-state index in [9.17, 15) is 8.76 Å². The second-order valence-corrected chi connectivity index (χ2v) is 10.2. The zero-order valence-corrected chi connectivity index (χ0v) is 21.2. The largest absolute Gasteiger partial charge is 0.768 e. The highest BCUT2D eigenvalue weighted by Gasteiger charge is 2.14. The van der Waals surface area contributed by atoms with Crippen LogP contribution in [0.3, 0.4) is 0 Å². The molecule has 188 valence electrons. The van der Waals surface area contributed by atoms with E-state index in [1.165, 1.54) is 32.4 Å². The molecule has 0 radical (unpaired) electrons. The topological polar surface area (TPSA) is 82.8 Å². The minimum atomic E-state index is -2.31. The van der Waals surface area contributed by atoms with Crippen molar-refractivity contribution in [3.63, 3.8) is 0 Å². The highest BCUT2D eigenvalue weighted by Crippen LogP contribution is 2.34. The minimum absolute atomic E-state index is 0.282. The summed E-state index contributed by atoms with van der Waals surface area (Å²) >= 11 is -2.31. The van der Waals surface area contributed by atoms with Crippen molar-refractivity contribution in [1.82, 2.24) is 19.5 Å².